The Bertz CT molecular complexity index is 934. The second-order valence-electron chi connectivity index (χ2n) is 6.69. The lowest BCUT2D eigenvalue weighted by Crippen LogP contribution is -2.15. The van der Waals surface area contributed by atoms with E-state index in [4.69, 9.17) is 4.98 Å². The predicted octanol–water partition coefficient (Wildman–Crippen LogP) is 3.62. The quantitative estimate of drug-likeness (QED) is 0.754. The summed E-state index contributed by atoms with van der Waals surface area (Å²) in [5, 5.41) is 7.27. The molecule has 3 heterocycles. The summed E-state index contributed by atoms with van der Waals surface area (Å²) in [6.45, 7) is 6.43. The van der Waals surface area contributed by atoms with Gasteiger partial charge in [-0.25, -0.2) is 4.98 Å². The van der Waals surface area contributed by atoms with Crippen molar-refractivity contribution in [2.45, 2.75) is 46.0 Å². The Morgan fingerprint density at radius 2 is 2.09 bits per heavy atom. The minimum Gasteiger partial charge on any atom is -0.309 e. The highest BCUT2D eigenvalue weighted by Crippen LogP contribution is 2.40. The van der Waals surface area contributed by atoms with E-state index >= 15 is 0 Å². The van der Waals surface area contributed by atoms with Crippen molar-refractivity contribution in [1.29, 1.82) is 0 Å². The average molecular weight is 328 g/mol. The molecule has 6 heteroatoms. The van der Waals surface area contributed by atoms with Crippen molar-refractivity contribution in [1.82, 2.24) is 20.2 Å². The molecule has 1 atom stereocenters. The Balaban J connectivity index is 1.99. The molecule has 5 nitrogen and oxygen atoms in total. The third-order valence-electron chi connectivity index (χ3n) is 4.91. The normalized spacial score (nSPS) is 15.5. The highest BCUT2D eigenvalue weighted by Gasteiger charge is 2.24. The number of aryl methyl sites for hydroxylation is 2. The zero-order valence-corrected chi connectivity index (χ0v) is 14.4. The first-order valence-electron chi connectivity index (χ1n) is 8.14. The van der Waals surface area contributed by atoms with Gasteiger partial charge in [0.25, 0.3) is 5.56 Å². The first-order chi connectivity index (χ1) is 11.1. The van der Waals surface area contributed by atoms with Crippen LogP contribution in [0.25, 0.3) is 20.7 Å². The standard InChI is InChI=1S/C17H20N4OS/c1-8(2)9(3)16-19-13-10-5-4-6-12-11(7-18-21-12)14(10)23-15(13)17(22)20-16/h7-9H,4-6H2,1-3H3,(H,18,21)(H,19,20,22). The Morgan fingerprint density at radius 1 is 1.26 bits per heavy atom. The number of aromatic nitrogens is 4. The van der Waals surface area contributed by atoms with E-state index in [2.05, 4.69) is 36.0 Å². The van der Waals surface area contributed by atoms with Crippen LogP contribution in [0.5, 0.6) is 0 Å². The molecule has 3 aromatic rings. The van der Waals surface area contributed by atoms with Crippen LogP contribution in [-0.2, 0) is 12.8 Å². The van der Waals surface area contributed by atoms with Crippen LogP contribution in [-0.4, -0.2) is 20.2 Å². The first kappa shape index (κ1) is 14.6. The van der Waals surface area contributed by atoms with E-state index in [0.29, 0.717) is 5.92 Å². The van der Waals surface area contributed by atoms with Gasteiger partial charge in [0.05, 0.1) is 11.7 Å². The summed E-state index contributed by atoms with van der Waals surface area (Å²) in [4.78, 5) is 21.6. The average Bonchev–Trinajstić information content (AvgIpc) is 3.08. The SMILES string of the molecule is CC(C)C(C)c1nc2c3c(sc2c(=O)[nH]1)-c1cn[nH]c1CCC3. The maximum atomic E-state index is 12.6. The molecule has 0 fully saturated rings. The Kier molecular flexibility index (Phi) is 3.37. The summed E-state index contributed by atoms with van der Waals surface area (Å²) in [6.07, 6.45) is 4.89. The molecule has 1 unspecified atom stereocenters. The Morgan fingerprint density at radius 3 is 2.87 bits per heavy atom. The van der Waals surface area contributed by atoms with Crippen LogP contribution in [0.15, 0.2) is 11.0 Å². The van der Waals surface area contributed by atoms with Crippen molar-refractivity contribution >= 4 is 21.6 Å². The molecule has 4 rings (SSSR count). The lowest BCUT2D eigenvalue weighted by Gasteiger charge is -2.14. The van der Waals surface area contributed by atoms with E-state index in [1.165, 1.54) is 11.3 Å². The number of hydrogen-bond donors (Lipinski definition) is 2. The molecular formula is C17H20N4OS. The van der Waals surface area contributed by atoms with Gasteiger partial charge in [-0.3, -0.25) is 9.89 Å². The third kappa shape index (κ3) is 2.24. The van der Waals surface area contributed by atoms with Crippen LogP contribution in [0.4, 0.5) is 0 Å². The molecule has 1 aliphatic rings. The van der Waals surface area contributed by atoms with E-state index in [-0.39, 0.29) is 11.5 Å². The first-order valence-corrected chi connectivity index (χ1v) is 8.96. The van der Waals surface area contributed by atoms with Crippen molar-refractivity contribution in [3.05, 3.63) is 33.6 Å². The summed E-state index contributed by atoms with van der Waals surface area (Å²) in [5.41, 5.74) is 4.40. The molecule has 0 saturated heterocycles. The summed E-state index contributed by atoms with van der Waals surface area (Å²) < 4.78 is 0.740. The smallest absolute Gasteiger partial charge is 0.268 e. The summed E-state index contributed by atoms with van der Waals surface area (Å²) >= 11 is 1.55. The number of thiophene rings is 1. The molecule has 0 radical (unpaired) electrons. The molecule has 0 aromatic carbocycles. The number of H-pyrrole nitrogens is 2. The minimum atomic E-state index is -0.0133. The van der Waals surface area contributed by atoms with Gasteiger partial charge in [0.1, 0.15) is 10.5 Å². The monoisotopic (exact) mass is 328 g/mol. The van der Waals surface area contributed by atoms with Crippen molar-refractivity contribution in [3.8, 4) is 10.4 Å². The molecular weight excluding hydrogens is 308 g/mol. The number of nitrogens with zero attached hydrogens (tertiary/aromatic N) is 2. The topological polar surface area (TPSA) is 74.4 Å². The fourth-order valence-corrected chi connectivity index (χ4v) is 4.39. The molecule has 0 amide bonds. The van der Waals surface area contributed by atoms with Crippen LogP contribution in [0.3, 0.4) is 0 Å². The van der Waals surface area contributed by atoms with Crippen LogP contribution in [0.2, 0.25) is 0 Å². The molecule has 0 spiro atoms. The zero-order valence-electron chi connectivity index (χ0n) is 13.6. The molecule has 2 N–H and O–H groups in total. The van der Waals surface area contributed by atoms with Crippen molar-refractivity contribution in [3.63, 3.8) is 0 Å². The van der Waals surface area contributed by atoms with E-state index in [9.17, 15) is 4.79 Å². The number of hydrogen-bond acceptors (Lipinski definition) is 4. The van der Waals surface area contributed by atoms with E-state index in [1.54, 1.807) is 11.3 Å². The van der Waals surface area contributed by atoms with Crippen molar-refractivity contribution < 1.29 is 0 Å². The van der Waals surface area contributed by atoms with E-state index in [1.807, 2.05) is 6.20 Å². The largest absolute Gasteiger partial charge is 0.309 e. The lowest BCUT2D eigenvalue weighted by molar-refractivity contribution is 0.511. The molecule has 0 saturated carbocycles. The fraction of sp³-hybridized carbons (Fsp3) is 0.471. The Labute approximate surface area is 138 Å². The summed E-state index contributed by atoms with van der Waals surface area (Å²) in [7, 11) is 0. The number of fused-ring (bicyclic) bond motifs is 5. The second kappa shape index (κ2) is 5.30. The summed E-state index contributed by atoms with van der Waals surface area (Å²) in [6, 6.07) is 0. The Hall–Kier alpha value is -1.95. The third-order valence-corrected chi connectivity index (χ3v) is 6.16. The molecule has 23 heavy (non-hydrogen) atoms. The summed E-state index contributed by atoms with van der Waals surface area (Å²) in [5.74, 6) is 1.47. The second-order valence-corrected chi connectivity index (χ2v) is 7.71. The van der Waals surface area contributed by atoms with Gasteiger partial charge >= 0.3 is 0 Å². The number of rotatable bonds is 2. The lowest BCUT2D eigenvalue weighted by atomic mass is 9.97. The molecule has 0 aliphatic heterocycles. The number of aromatic amines is 2. The molecule has 1 aliphatic carbocycles. The van der Waals surface area contributed by atoms with Gasteiger partial charge in [0.2, 0.25) is 0 Å². The zero-order chi connectivity index (χ0) is 16.1. The van der Waals surface area contributed by atoms with E-state index < -0.39 is 0 Å². The van der Waals surface area contributed by atoms with Crippen LogP contribution >= 0.6 is 11.3 Å². The van der Waals surface area contributed by atoms with Gasteiger partial charge in [-0.05, 0) is 30.7 Å². The molecule has 3 aromatic heterocycles. The maximum Gasteiger partial charge on any atom is 0.268 e. The van der Waals surface area contributed by atoms with Gasteiger partial charge in [0, 0.05) is 22.1 Å². The van der Waals surface area contributed by atoms with Gasteiger partial charge in [0.15, 0.2) is 0 Å². The van der Waals surface area contributed by atoms with Gasteiger partial charge in [-0.1, -0.05) is 20.8 Å². The predicted molar refractivity (Wildman–Crippen MR) is 93.1 cm³/mol. The highest BCUT2D eigenvalue weighted by atomic mass is 32.1. The van der Waals surface area contributed by atoms with Crippen LogP contribution < -0.4 is 5.56 Å². The minimum absolute atomic E-state index is 0.0133. The van der Waals surface area contributed by atoms with Gasteiger partial charge < -0.3 is 4.98 Å². The van der Waals surface area contributed by atoms with Crippen molar-refractivity contribution in [2.24, 2.45) is 5.92 Å². The maximum absolute atomic E-state index is 12.6. The van der Waals surface area contributed by atoms with Gasteiger partial charge in [-0.15, -0.1) is 11.3 Å². The van der Waals surface area contributed by atoms with Crippen molar-refractivity contribution in [2.75, 3.05) is 0 Å². The van der Waals surface area contributed by atoms with Crippen LogP contribution in [0, 0.1) is 5.92 Å². The van der Waals surface area contributed by atoms with E-state index in [0.717, 1.165) is 45.7 Å². The highest BCUT2D eigenvalue weighted by molar-refractivity contribution is 7.22. The number of nitrogens with one attached hydrogen (secondary N) is 2. The molecule has 120 valence electrons. The van der Waals surface area contributed by atoms with Crippen LogP contribution in [0.1, 0.15) is 50.2 Å². The van der Waals surface area contributed by atoms with Gasteiger partial charge in [-0.2, -0.15) is 5.10 Å². The fourth-order valence-electron chi connectivity index (χ4n) is 3.17. The molecule has 0 bridgehead atoms.